The highest BCUT2D eigenvalue weighted by molar-refractivity contribution is 7.12. The Bertz CT molecular complexity index is 889. The Morgan fingerprint density at radius 2 is 1.80 bits per heavy atom. The molecule has 0 atom stereocenters. The molecule has 0 saturated heterocycles. The first kappa shape index (κ1) is 17.0. The molecule has 6 heteroatoms. The van der Waals surface area contributed by atoms with Gasteiger partial charge in [-0.25, -0.2) is 9.59 Å². The summed E-state index contributed by atoms with van der Waals surface area (Å²) in [6, 6.07) is 12.9. The lowest BCUT2D eigenvalue weighted by Crippen LogP contribution is -2.04. The summed E-state index contributed by atoms with van der Waals surface area (Å²) in [5, 5.41) is 1.86. The molecule has 25 heavy (non-hydrogen) atoms. The second-order valence-corrected chi connectivity index (χ2v) is 6.28. The highest BCUT2D eigenvalue weighted by Gasteiger charge is 2.17. The molecule has 0 aliphatic heterocycles. The molecule has 0 amide bonds. The van der Waals surface area contributed by atoms with E-state index in [1.165, 1.54) is 24.5 Å². The summed E-state index contributed by atoms with van der Waals surface area (Å²) >= 11 is 1.33. The van der Waals surface area contributed by atoms with Crippen LogP contribution in [0.15, 0.2) is 52.3 Å². The summed E-state index contributed by atoms with van der Waals surface area (Å²) in [6.45, 7) is 1.96. The first-order valence-electron chi connectivity index (χ1n) is 7.57. The smallest absolute Gasteiger partial charge is 0.373 e. The van der Waals surface area contributed by atoms with Crippen LogP contribution < -0.4 is 0 Å². The van der Waals surface area contributed by atoms with Crippen LogP contribution in [0.25, 0.3) is 11.1 Å². The quantitative estimate of drug-likeness (QED) is 0.632. The number of furan rings is 1. The fourth-order valence-electron chi connectivity index (χ4n) is 2.30. The minimum Gasteiger partial charge on any atom is -0.463 e. The second kappa shape index (κ2) is 7.36. The number of esters is 2. The van der Waals surface area contributed by atoms with Crippen molar-refractivity contribution in [1.29, 1.82) is 0 Å². The number of aryl methyl sites for hydroxylation is 1. The summed E-state index contributed by atoms with van der Waals surface area (Å²) in [4.78, 5) is 24.3. The van der Waals surface area contributed by atoms with Crippen LogP contribution in [0.1, 0.15) is 31.6 Å². The molecule has 128 valence electrons. The van der Waals surface area contributed by atoms with Gasteiger partial charge in [0.1, 0.15) is 17.2 Å². The molecule has 3 rings (SSSR count). The Labute approximate surface area is 148 Å². The lowest BCUT2D eigenvalue weighted by atomic mass is 10.1. The maximum absolute atomic E-state index is 12.4. The van der Waals surface area contributed by atoms with E-state index in [1.54, 1.807) is 6.07 Å². The molecule has 1 aromatic carbocycles. The van der Waals surface area contributed by atoms with Crippen molar-refractivity contribution in [3.8, 4) is 11.1 Å². The van der Waals surface area contributed by atoms with Gasteiger partial charge < -0.3 is 13.9 Å². The summed E-state index contributed by atoms with van der Waals surface area (Å²) in [5.41, 5.74) is 2.96. The van der Waals surface area contributed by atoms with Crippen molar-refractivity contribution in [3.05, 3.63) is 69.8 Å². The molecule has 2 aromatic heterocycles. The molecule has 0 spiro atoms. The third kappa shape index (κ3) is 3.80. The third-order valence-electron chi connectivity index (χ3n) is 3.61. The number of carbonyl (C=O) groups excluding carboxylic acids is 2. The first-order chi connectivity index (χ1) is 12.1. The van der Waals surface area contributed by atoms with Crippen LogP contribution in [0.3, 0.4) is 0 Å². The summed E-state index contributed by atoms with van der Waals surface area (Å²) in [7, 11) is 1.27. The lowest BCUT2D eigenvalue weighted by Gasteiger charge is -2.05. The molecular formula is C19H16O5S. The number of methoxy groups -OCH3 is 1. The maximum atomic E-state index is 12.4. The van der Waals surface area contributed by atoms with E-state index in [-0.39, 0.29) is 12.4 Å². The van der Waals surface area contributed by atoms with Gasteiger partial charge in [0, 0.05) is 5.56 Å². The molecule has 0 aliphatic rings. The Morgan fingerprint density at radius 3 is 2.52 bits per heavy atom. The Balaban J connectivity index is 1.70. The van der Waals surface area contributed by atoms with Gasteiger partial charge in [0.05, 0.1) is 7.11 Å². The number of hydrogen-bond acceptors (Lipinski definition) is 6. The predicted octanol–water partition coefficient (Wildman–Crippen LogP) is 4.46. The number of thiophene rings is 1. The van der Waals surface area contributed by atoms with E-state index in [0.717, 1.165) is 16.7 Å². The fraction of sp³-hybridized carbons (Fsp3) is 0.158. The molecule has 0 radical (unpaired) electrons. The molecule has 0 aliphatic carbocycles. The molecular weight excluding hydrogens is 340 g/mol. The van der Waals surface area contributed by atoms with E-state index in [9.17, 15) is 9.59 Å². The van der Waals surface area contributed by atoms with Crippen molar-refractivity contribution in [2.75, 3.05) is 7.11 Å². The summed E-state index contributed by atoms with van der Waals surface area (Å²) in [6.07, 6.45) is 0. The SMILES string of the molecule is COC(=O)c1ccc(COC(=O)c2sccc2-c2ccc(C)cc2)o1. The van der Waals surface area contributed by atoms with Crippen LogP contribution in [0.2, 0.25) is 0 Å². The zero-order valence-corrected chi connectivity index (χ0v) is 14.6. The first-order valence-corrected chi connectivity index (χ1v) is 8.45. The summed E-state index contributed by atoms with van der Waals surface area (Å²) < 4.78 is 15.2. The third-order valence-corrected chi connectivity index (χ3v) is 4.50. The van der Waals surface area contributed by atoms with E-state index in [1.807, 2.05) is 42.6 Å². The van der Waals surface area contributed by atoms with Gasteiger partial charge in [-0.3, -0.25) is 0 Å². The minimum atomic E-state index is -0.572. The second-order valence-electron chi connectivity index (χ2n) is 5.36. The normalized spacial score (nSPS) is 10.5. The molecule has 0 N–H and O–H groups in total. The maximum Gasteiger partial charge on any atom is 0.373 e. The van der Waals surface area contributed by atoms with Crippen LogP contribution in [0.4, 0.5) is 0 Å². The van der Waals surface area contributed by atoms with Crippen LogP contribution in [0, 0.1) is 6.92 Å². The van der Waals surface area contributed by atoms with Crippen LogP contribution in [0.5, 0.6) is 0 Å². The van der Waals surface area contributed by atoms with E-state index in [2.05, 4.69) is 4.74 Å². The molecule has 0 unspecified atom stereocenters. The van der Waals surface area contributed by atoms with Crippen molar-refractivity contribution < 1.29 is 23.5 Å². The number of hydrogen-bond donors (Lipinski definition) is 0. The topological polar surface area (TPSA) is 65.7 Å². The minimum absolute atomic E-state index is 0.0545. The molecule has 2 heterocycles. The van der Waals surface area contributed by atoms with Gasteiger partial charge in [0.15, 0.2) is 0 Å². The van der Waals surface area contributed by atoms with Gasteiger partial charge >= 0.3 is 11.9 Å². The molecule has 0 saturated carbocycles. The van der Waals surface area contributed by atoms with E-state index in [4.69, 9.17) is 9.15 Å². The van der Waals surface area contributed by atoms with Gasteiger partial charge in [-0.2, -0.15) is 0 Å². The van der Waals surface area contributed by atoms with Gasteiger partial charge in [-0.1, -0.05) is 29.8 Å². The van der Waals surface area contributed by atoms with Crippen LogP contribution in [-0.2, 0) is 16.1 Å². The highest BCUT2D eigenvalue weighted by Crippen LogP contribution is 2.29. The summed E-state index contributed by atoms with van der Waals surface area (Å²) in [5.74, 6) is -0.550. The largest absolute Gasteiger partial charge is 0.463 e. The molecule has 5 nitrogen and oxygen atoms in total. The molecule has 3 aromatic rings. The zero-order chi connectivity index (χ0) is 17.8. The zero-order valence-electron chi connectivity index (χ0n) is 13.8. The monoisotopic (exact) mass is 356 g/mol. The Hall–Kier alpha value is -2.86. The van der Waals surface area contributed by atoms with Crippen molar-refractivity contribution in [1.82, 2.24) is 0 Å². The lowest BCUT2D eigenvalue weighted by molar-refractivity contribution is 0.0444. The van der Waals surface area contributed by atoms with E-state index >= 15 is 0 Å². The average molecular weight is 356 g/mol. The van der Waals surface area contributed by atoms with Crippen LogP contribution >= 0.6 is 11.3 Å². The van der Waals surface area contributed by atoms with Crippen molar-refractivity contribution >= 4 is 23.3 Å². The van der Waals surface area contributed by atoms with Crippen molar-refractivity contribution in [3.63, 3.8) is 0 Å². The number of benzene rings is 1. The number of ether oxygens (including phenoxy) is 2. The fourth-order valence-corrected chi connectivity index (χ4v) is 3.10. The van der Waals surface area contributed by atoms with Crippen molar-refractivity contribution in [2.24, 2.45) is 0 Å². The standard InChI is InChI=1S/C19H16O5S/c1-12-3-5-13(6-4-12)15-9-10-25-17(15)19(21)23-11-14-7-8-16(24-14)18(20)22-2/h3-10H,11H2,1-2H3. The van der Waals surface area contributed by atoms with Gasteiger partial charge in [0.25, 0.3) is 0 Å². The predicted molar refractivity (Wildman–Crippen MR) is 93.7 cm³/mol. The molecule has 0 bridgehead atoms. The van der Waals surface area contributed by atoms with E-state index < -0.39 is 11.9 Å². The van der Waals surface area contributed by atoms with Gasteiger partial charge in [-0.15, -0.1) is 11.3 Å². The Kier molecular flexibility index (Phi) is 5.00. The van der Waals surface area contributed by atoms with Gasteiger partial charge in [-0.05, 0) is 36.1 Å². The van der Waals surface area contributed by atoms with Crippen LogP contribution in [-0.4, -0.2) is 19.0 Å². The number of carbonyl (C=O) groups is 2. The van der Waals surface area contributed by atoms with E-state index in [0.29, 0.717) is 10.6 Å². The number of rotatable bonds is 5. The van der Waals surface area contributed by atoms with Gasteiger partial charge in [0.2, 0.25) is 5.76 Å². The van der Waals surface area contributed by atoms with Crippen molar-refractivity contribution in [2.45, 2.75) is 13.5 Å². The molecule has 0 fully saturated rings. The highest BCUT2D eigenvalue weighted by atomic mass is 32.1. The Morgan fingerprint density at radius 1 is 1.04 bits per heavy atom. The average Bonchev–Trinajstić information content (AvgIpc) is 3.29.